The Balaban J connectivity index is 1.70. The lowest BCUT2D eigenvalue weighted by Gasteiger charge is -2.05. The number of nitrogens with one attached hydrogen (secondary N) is 1. The molecule has 0 aliphatic carbocycles. The van der Waals surface area contributed by atoms with Crippen molar-refractivity contribution < 1.29 is 9.18 Å². The molecule has 3 rings (SSSR count). The number of nitrogens with zero attached hydrogens (tertiary/aromatic N) is 3. The molecule has 0 bridgehead atoms. The summed E-state index contributed by atoms with van der Waals surface area (Å²) < 4.78 is 14.6. The van der Waals surface area contributed by atoms with Crippen molar-refractivity contribution in [1.82, 2.24) is 20.1 Å². The molecule has 0 saturated carbocycles. The molecule has 8 heteroatoms. The number of carbonyl (C=O) groups excluding carboxylic acids is 1. The topological polar surface area (TPSA) is 59.8 Å². The van der Waals surface area contributed by atoms with Gasteiger partial charge in [0.15, 0.2) is 0 Å². The van der Waals surface area contributed by atoms with E-state index in [1.54, 1.807) is 35.1 Å². The second kappa shape index (κ2) is 8.19. The van der Waals surface area contributed by atoms with E-state index in [0.29, 0.717) is 30.3 Å². The van der Waals surface area contributed by atoms with Crippen LogP contribution in [0.5, 0.6) is 0 Å². The molecule has 1 amide bonds. The number of aryl methyl sites for hydroxylation is 1. The summed E-state index contributed by atoms with van der Waals surface area (Å²) in [5.74, 6) is -0.230. The number of benzene rings is 1. The minimum atomic E-state index is -0.302. The van der Waals surface area contributed by atoms with E-state index in [0.717, 1.165) is 16.3 Å². The number of hydrogen-bond acceptors (Lipinski definition) is 4. The Morgan fingerprint density at radius 1 is 1.33 bits per heavy atom. The predicted octanol–water partition coefficient (Wildman–Crippen LogP) is 4.54. The first-order valence-corrected chi connectivity index (χ1v) is 9.80. The van der Waals surface area contributed by atoms with Gasteiger partial charge in [-0.25, -0.2) is 14.1 Å². The Bertz CT molecular complexity index is 949. The molecule has 0 aliphatic rings. The normalized spacial score (nSPS) is 11.2. The van der Waals surface area contributed by atoms with Crippen LogP contribution in [0.15, 0.2) is 29.6 Å². The van der Waals surface area contributed by atoms with E-state index in [-0.39, 0.29) is 16.9 Å². The van der Waals surface area contributed by atoms with Gasteiger partial charge in [-0.1, -0.05) is 37.6 Å². The van der Waals surface area contributed by atoms with Gasteiger partial charge in [-0.15, -0.1) is 11.3 Å². The number of rotatable bonds is 6. The summed E-state index contributed by atoms with van der Waals surface area (Å²) in [4.78, 5) is 17.1. The molecule has 0 atom stereocenters. The highest BCUT2D eigenvalue weighted by Gasteiger charge is 2.20. The smallest absolute Gasteiger partial charge is 0.256 e. The zero-order chi connectivity index (χ0) is 19.6. The molecule has 0 unspecified atom stereocenters. The summed E-state index contributed by atoms with van der Waals surface area (Å²) in [6, 6.07) is 6.09. The number of aromatic nitrogens is 3. The second-order valence-corrected chi connectivity index (χ2v) is 7.80. The maximum Gasteiger partial charge on any atom is 0.256 e. The predicted molar refractivity (Wildman–Crippen MR) is 105 cm³/mol. The SMILES string of the molecule is Cc1nn(Cc2ccc(F)cc2)c(Cl)c1C(=O)NCc1csc(C(C)C)n1. The molecule has 1 aromatic carbocycles. The molecule has 3 aromatic rings. The Morgan fingerprint density at radius 2 is 2.04 bits per heavy atom. The Morgan fingerprint density at radius 3 is 2.67 bits per heavy atom. The minimum Gasteiger partial charge on any atom is -0.346 e. The van der Waals surface area contributed by atoms with Gasteiger partial charge in [-0.3, -0.25) is 4.79 Å². The summed E-state index contributed by atoms with van der Waals surface area (Å²) in [6.07, 6.45) is 0. The van der Waals surface area contributed by atoms with E-state index in [2.05, 4.69) is 29.2 Å². The van der Waals surface area contributed by atoms with Crippen LogP contribution in [0.25, 0.3) is 0 Å². The zero-order valence-electron chi connectivity index (χ0n) is 15.3. The lowest BCUT2D eigenvalue weighted by Crippen LogP contribution is -2.23. The second-order valence-electron chi connectivity index (χ2n) is 6.55. The first-order valence-electron chi connectivity index (χ1n) is 8.55. The van der Waals surface area contributed by atoms with Gasteiger partial charge in [-0.2, -0.15) is 5.10 Å². The first kappa shape index (κ1) is 19.5. The molecule has 2 heterocycles. The van der Waals surface area contributed by atoms with E-state index < -0.39 is 0 Å². The maximum atomic E-state index is 13.0. The summed E-state index contributed by atoms with van der Waals surface area (Å²) in [5.41, 5.74) is 2.56. The van der Waals surface area contributed by atoms with Gasteiger partial charge < -0.3 is 5.32 Å². The van der Waals surface area contributed by atoms with Crippen LogP contribution in [-0.4, -0.2) is 20.7 Å². The first-order chi connectivity index (χ1) is 12.8. The number of thiazole rings is 1. The van der Waals surface area contributed by atoms with Gasteiger partial charge in [0.05, 0.1) is 35.0 Å². The Kier molecular flexibility index (Phi) is 5.92. The molecule has 1 N–H and O–H groups in total. The zero-order valence-corrected chi connectivity index (χ0v) is 16.9. The maximum absolute atomic E-state index is 13.0. The largest absolute Gasteiger partial charge is 0.346 e. The molecule has 5 nitrogen and oxygen atoms in total. The van der Waals surface area contributed by atoms with E-state index in [1.807, 2.05) is 5.38 Å². The average molecular weight is 407 g/mol. The third-order valence-electron chi connectivity index (χ3n) is 4.03. The summed E-state index contributed by atoms with van der Waals surface area (Å²) in [5, 5.41) is 10.4. The van der Waals surface area contributed by atoms with E-state index >= 15 is 0 Å². The summed E-state index contributed by atoms with van der Waals surface area (Å²) >= 11 is 7.97. The van der Waals surface area contributed by atoms with Crippen LogP contribution in [-0.2, 0) is 13.1 Å². The van der Waals surface area contributed by atoms with E-state index in [1.165, 1.54) is 12.1 Å². The van der Waals surface area contributed by atoms with Crippen LogP contribution in [0.4, 0.5) is 4.39 Å². The third kappa shape index (κ3) is 4.54. The van der Waals surface area contributed by atoms with Gasteiger partial charge in [0, 0.05) is 11.3 Å². The highest BCUT2D eigenvalue weighted by Crippen LogP contribution is 2.22. The molecule has 0 spiro atoms. The molecule has 27 heavy (non-hydrogen) atoms. The molecule has 0 fully saturated rings. The summed E-state index contributed by atoms with van der Waals surface area (Å²) in [7, 11) is 0. The number of carbonyl (C=O) groups is 1. The van der Waals surface area contributed by atoms with Gasteiger partial charge in [0.2, 0.25) is 0 Å². The van der Waals surface area contributed by atoms with Crippen LogP contribution in [0, 0.1) is 12.7 Å². The lowest BCUT2D eigenvalue weighted by molar-refractivity contribution is 0.0950. The molecular weight excluding hydrogens is 387 g/mol. The minimum absolute atomic E-state index is 0.260. The van der Waals surface area contributed by atoms with Crippen LogP contribution < -0.4 is 5.32 Å². The van der Waals surface area contributed by atoms with Crippen LogP contribution in [0.2, 0.25) is 5.15 Å². The van der Waals surface area contributed by atoms with Crippen molar-refractivity contribution in [2.45, 2.75) is 39.8 Å². The quantitative estimate of drug-likeness (QED) is 0.653. The monoisotopic (exact) mass is 406 g/mol. The third-order valence-corrected chi connectivity index (χ3v) is 5.61. The Hall–Kier alpha value is -2.25. The number of amides is 1. The number of halogens is 2. The fraction of sp³-hybridized carbons (Fsp3) is 0.316. The van der Waals surface area contributed by atoms with Crippen molar-refractivity contribution in [3.05, 3.63) is 68.1 Å². The van der Waals surface area contributed by atoms with Gasteiger partial charge in [0.1, 0.15) is 11.0 Å². The van der Waals surface area contributed by atoms with E-state index in [9.17, 15) is 9.18 Å². The van der Waals surface area contributed by atoms with E-state index in [4.69, 9.17) is 11.6 Å². The van der Waals surface area contributed by atoms with Crippen LogP contribution >= 0.6 is 22.9 Å². The highest BCUT2D eigenvalue weighted by atomic mass is 35.5. The molecule has 142 valence electrons. The molecule has 0 aliphatic heterocycles. The molecule has 2 aromatic heterocycles. The van der Waals surface area contributed by atoms with Crippen molar-refractivity contribution >= 4 is 28.8 Å². The molecule has 0 saturated heterocycles. The average Bonchev–Trinajstić information content (AvgIpc) is 3.20. The van der Waals surface area contributed by atoms with Gasteiger partial charge in [0.25, 0.3) is 5.91 Å². The highest BCUT2D eigenvalue weighted by molar-refractivity contribution is 7.09. The van der Waals surface area contributed by atoms with Gasteiger partial charge >= 0.3 is 0 Å². The van der Waals surface area contributed by atoms with Crippen molar-refractivity contribution in [3.63, 3.8) is 0 Å². The Labute approximate surface area is 166 Å². The fourth-order valence-electron chi connectivity index (χ4n) is 2.61. The standard InChI is InChI=1S/C19H20ClFN4OS/c1-11(2)19-23-15(10-27-19)8-22-18(26)16-12(3)24-25(17(16)20)9-13-4-6-14(21)7-5-13/h4-7,10-11H,8-9H2,1-3H3,(H,22,26). The van der Waals surface area contributed by atoms with Crippen LogP contribution in [0.3, 0.4) is 0 Å². The van der Waals surface area contributed by atoms with Crippen molar-refractivity contribution in [2.75, 3.05) is 0 Å². The molecule has 0 radical (unpaired) electrons. The van der Waals surface area contributed by atoms with Crippen molar-refractivity contribution in [1.29, 1.82) is 0 Å². The van der Waals surface area contributed by atoms with Gasteiger partial charge in [-0.05, 0) is 24.6 Å². The lowest BCUT2D eigenvalue weighted by atomic mass is 10.2. The fourth-order valence-corrected chi connectivity index (χ4v) is 3.76. The van der Waals surface area contributed by atoms with Crippen molar-refractivity contribution in [2.24, 2.45) is 0 Å². The van der Waals surface area contributed by atoms with Crippen LogP contribution in [0.1, 0.15) is 52.1 Å². The summed E-state index contributed by atoms with van der Waals surface area (Å²) in [6.45, 7) is 6.60. The van der Waals surface area contributed by atoms with Crippen molar-refractivity contribution in [3.8, 4) is 0 Å². The number of hydrogen-bond donors (Lipinski definition) is 1. The molecular formula is C19H20ClFN4OS.